The molecule has 0 heterocycles. The van der Waals surface area contributed by atoms with Crippen LogP contribution in [0.15, 0.2) is 84.7 Å². The van der Waals surface area contributed by atoms with Gasteiger partial charge in [0.2, 0.25) is 0 Å². The summed E-state index contributed by atoms with van der Waals surface area (Å²) in [6.45, 7) is 5.39. The molecule has 3 nitrogen and oxygen atoms in total. The van der Waals surface area contributed by atoms with Gasteiger partial charge >= 0.3 is 0 Å². The van der Waals surface area contributed by atoms with E-state index < -0.39 is 0 Å². The summed E-state index contributed by atoms with van der Waals surface area (Å²) in [5, 5.41) is 28.3. The predicted molar refractivity (Wildman–Crippen MR) is 92.7 cm³/mol. The summed E-state index contributed by atoms with van der Waals surface area (Å²) >= 11 is 0. The smallest absolute Gasteiger partial charge is 0.115 e. The van der Waals surface area contributed by atoms with Crippen molar-refractivity contribution in [3.63, 3.8) is 0 Å². The molecule has 0 aliphatic heterocycles. The van der Waals surface area contributed by atoms with E-state index in [1.54, 1.807) is 30.3 Å². The number of aliphatic hydroxyl groups excluding tert-OH is 1. The molecule has 0 fully saturated rings. The second kappa shape index (κ2) is 7.36. The van der Waals surface area contributed by atoms with Gasteiger partial charge in [-0.2, -0.15) is 0 Å². The maximum atomic E-state index is 9.51. The van der Waals surface area contributed by atoms with Crippen molar-refractivity contribution in [3.05, 3.63) is 95.8 Å². The number of allylic oxidation sites excluding steroid dienone is 4. The molecule has 0 saturated heterocycles. The van der Waals surface area contributed by atoms with Crippen LogP contribution in [0.4, 0.5) is 0 Å². The molecule has 23 heavy (non-hydrogen) atoms. The molecule has 0 unspecified atom stereocenters. The average molecular weight is 308 g/mol. The number of phenols is 2. The van der Waals surface area contributed by atoms with Gasteiger partial charge in [-0.25, -0.2) is 0 Å². The lowest BCUT2D eigenvalue weighted by Crippen LogP contribution is -2.03. The minimum atomic E-state index is -0.0863. The molecule has 3 N–H and O–H groups in total. The van der Waals surface area contributed by atoms with Gasteiger partial charge in [0.05, 0.1) is 0 Å². The summed E-state index contributed by atoms with van der Waals surface area (Å²) in [5.74, 6) is 0.315. The van der Waals surface area contributed by atoms with Crippen LogP contribution in [0.5, 0.6) is 11.5 Å². The molecule has 3 heteroatoms. The SMILES string of the molecule is C=C(O)/C=C\C(=C/C)C(c1ccc(O)cc1)c1ccc(O)cc1. The zero-order valence-electron chi connectivity index (χ0n) is 13.0. The first-order valence-electron chi connectivity index (χ1n) is 7.31. The zero-order chi connectivity index (χ0) is 16.8. The van der Waals surface area contributed by atoms with Crippen LogP contribution in [0.3, 0.4) is 0 Å². The van der Waals surface area contributed by atoms with Gasteiger partial charge in [-0.1, -0.05) is 43.0 Å². The maximum Gasteiger partial charge on any atom is 0.115 e. The third-order valence-electron chi connectivity index (χ3n) is 3.59. The zero-order valence-corrected chi connectivity index (χ0v) is 13.0. The van der Waals surface area contributed by atoms with Crippen LogP contribution in [-0.2, 0) is 0 Å². The Morgan fingerprint density at radius 1 is 0.870 bits per heavy atom. The van der Waals surface area contributed by atoms with Crippen LogP contribution in [0, 0.1) is 0 Å². The van der Waals surface area contributed by atoms with E-state index in [2.05, 4.69) is 6.58 Å². The molecule has 118 valence electrons. The summed E-state index contributed by atoms with van der Waals surface area (Å²) in [7, 11) is 0. The topological polar surface area (TPSA) is 60.7 Å². The van der Waals surface area contributed by atoms with E-state index in [0.717, 1.165) is 16.7 Å². The van der Waals surface area contributed by atoms with Crippen LogP contribution >= 0.6 is 0 Å². The highest BCUT2D eigenvalue weighted by molar-refractivity contribution is 5.47. The molecule has 2 aromatic carbocycles. The highest BCUT2D eigenvalue weighted by Crippen LogP contribution is 2.34. The van der Waals surface area contributed by atoms with Crippen molar-refractivity contribution >= 4 is 0 Å². The lowest BCUT2D eigenvalue weighted by molar-refractivity contribution is 0.435. The van der Waals surface area contributed by atoms with Gasteiger partial charge in [-0.05, 0) is 54.0 Å². The molecule has 0 aliphatic carbocycles. The second-order valence-electron chi connectivity index (χ2n) is 5.23. The highest BCUT2D eigenvalue weighted by Gasteiger charge is 2.17. The van der Waals surface area contributed by atoms with Crippen molar-refractivity contribution in [2.24, 2.45) is 0 Å². The van der Waals surface area contributed by atoms with E-state index >= 15 is 0 Å². The van der Waals surface area contributed by atoms with E-state index in [1.165, 1.54) is 0 Å². The first-order valence-corrected chi connectivity index (χ1v) is 7.31. The quantitative estimate of drug-likeness (QED) is 0.549. The van der Waals surface area contributed by atoms with Crippen molar-refractivity contribution in [1.82, 2.24) is 0 Å². The largest absolute Gasteiger partial charge is 0.509 e. The highest BCUT2D eigenvalue weighted by atomic mass is 16.3. The van der Waals surface area contributed by atoms with Gasteiger partial charge in [0.25, 0.3) is 0 Å². The third-order valence-corrected chi connectivity index (χ3v) is 3.59. The van der Waals surface area contributed by atoms with E-state index in [9.17, 15) is 15.3 Å². The van der Waals surface area contributed by atoms with Gasteiger partial charge < -0.3 is 15.3 Å². The molecule has 2 rings (SSSR count). The third kappa shape index (κ3) is 4.27. The van der Waals surface area contributed by atoms with E-state index in [4.69, 9.17) is 0 Å². The number of aliphatic hydroxyl groups is 1. The lowest BCUT2D eigenvalue weighted by Gasteiger charge is -2.20. The predicted octanol–water partition coefficient (Wildman–Crippen LogP) is 4.80. The van der Waals surface area contributed by atoms with Crippen LogP contribution in [0.25, 0.3) is 0 Å². The standard InChI is InChI=1S/C20H20O3/c1-3-15(5-4-14(2)21)20(16-6-10-18(22)11-7-16)17-8-12-19(23)13-9-17/h3-13,20-23H,2H2,1H3/b5-4-,15-3+. The van der Waals surface area contributed by atoms with Crippen molar-refractivity contribution in [3.8, 4) is 11.5 Å². The van der Waals surface area contributed by atoms with Crippen molar-refractivity contribution < 1.29 is 15.3 Å². The maximum absolute atomic E-state index is 9.51. The van der Waals surface area contributed by atoms with Crippen LogP contribution in [0.1, 0.15) is 24.0 Å². The Hall–Kier alpha value is -2.94. The van der Waals surface area contributed by atoms with Gasteiger partial charge in [0, 0.05) is 5.92 Å². The lowest BCUT2D eigenvalue weighted by atomic mass is 9.84. The average Bonchev–Trinajstić information content (AvgIpc) is 2.54. The van der Waals surface area contributed by atoms with Crippen molar-refractivity contribution in [2.75, 3.05) is 0 Å². The van der Waals surface area contributed by atoms with Gasteiger partial charge in [-0.15, -0.1) is 0 Å². The Morgan fingerprint density at radius 2 is 1.30 bits per heavy atom. The second-order valence-corrected chi connectivity index (χ2v) is 5.23. The number of rotatable bonds is 5. The van der Waals surface area contributed by atoms with Crippen LogP contribution in [0.2, 0.25) is 0 Å². The fraction of sp³-hybridized carbons (Fsp3) is 0.100. The summed E-state index contributed by atoms with van der Waals surface area (Å²) in [6.07, 6.45) is 5.32. The number of benzene rings is 2. The molecule has 0 aromatic heterocycles. The fourth-order valence-corrected chi connectivity index (χ4v) is 2.46. The molecule has 0 aliphatic rings. The minimum absolute atomic E-state index is 0.0143. The summed E-state index contributed by atoms with van der Waals surface area (Å²) in [6, 6.07) is 14.0. The molecule has 0 radical (unpaired) electrons. The fourth-order valence-electron chi connectivity index (χ4n) is 2.46. The Kier molecular flexibility index (Phi) is 5.26. The summed E-state index contributed by atoms with van der Waals surface area (Å²) in [5.41, 5.74) is 2.96. The van der Waals surface area contributed by atoms with Gasteiger partial charge in [0.1, 0.15) is 17.3 Å². The Labute approximate surface area is 136 Å². The van der Waals surface area contributed by atoms with E-state index in [1.807, 2.05) is 43.3 Å². The first kappa shape index (κ1) is 16.4. The monoisotopic (exact) mass is 308 g/mol. The molecule has 0 bridgehead atoms. The molecule has 2 aromatic rings. The minimum Gasteiger partial charge on any atom is -0.509 e. The molecular formula is C20H20O3. The Balaban J connectivity index is 2.52. The van der Waals surface area contributed by atoms with E-state index in [0.29, 0.717) is 0 Å². The normalized spacial score (nSPS) is 12.0. The first-order chi connectivity index (χ1) is 11.0. The molecular weight excluding hydrogens is 288 g/mol. The summed E-state index contributed by atoms with van der Waals surface area (Å²) in [4.78, 5) is 0. The molecule has 0 amide bonds. The Morgan fingerprint density at radius 3 is 1.65 bits per heavy atom. The van der Waals surface area contributed by atoms with Crippen LogP contribution in [-0.4, -0.2) is 15.3 Å². The van der Waals surface area contributed by atoms with E-state index in [-0.39, 0.29) is 23.2 Å². The van der Waals surface area contributed by atoms with Crippen molar-refractivity contribution in [2.45, 2.75) is 12.8 Å². The summed E-state index contributed by atoms with van der Waals surface area (Å²) < 4.78 is 0. The molecule has 0 atom stereocenters. The van der Waals surface area contributed by atoms with Crippen LogP contribution < -0.4 is 0 Å². The molecule has 0 spiro atoms. The molecule has 0 saturated carbocycles. The van der Waals surface area contributed by atoms with Gasteiger partial charge in [0.15, 0.2) is 0 Å². The number of phenolic OH excluding ortho intramolecular Hbond substituents is 2. The Bertz CT molecular complexity index is 677. The van der Waals surface area contributed by atoms with Crippen molar-refractivity contribution in [1.29, 1.82) is 0 Å². The number of hydrogen-bond donors (Lipinski definition) is 3. The van der Waals surface area contributed by atoms with Gasteiger partial charge in [-0.3, -0.25) is 0 Å². The number of aromatic hydroxyl groups is 2. The number of hydrogen-bond acceptors (Lipinski definition) is 3.